The van der Waals surface area contributed by atoms with Gasteiger partial charge in [-0.25, -0.2) is 0 Å². The van der Waals surface area contributed by atoms with E-state index in [1.54, 1.807) is 0 Å². The summed E-state index contributed by atoms with van der Waals surface area (Å²) < 4.78 is 0. The van der Waals surface area contributed by atoms with Crippen molar-refractivity contribution in [1.82, 2.24) is 0 Å². The summed E-state index contributed by atoms with van der Waals surface area (Å²) in [5, 5.41) is 10.9. The summed E-state index contributed by atoms with van der Waals surface area (Å²) in [7, 11) is 2.06. The van der Waals surface area contributed by atoms with Gasteiger partial charge in [0, 0.05) is 23.3 Å². The molecular weight excluding hydrogens is 282 g/mol. The number of hydrogen-bond donors (Lipinski definition) is 1. The van der Waals surface area contributed by atoms with E-state index < -0.39 is 6.10 Å². The molecule has 112 valence electrons. The van der Waals surface area contributed by atoms with E-state index in [4.69, 9.17) is 11.6 Å². The molecule has 0 spiro atoms. The van der Waals surface area contributed by atoms with Gasteiger partial charge in [0.25, 0.3) is 0 Å². The minimum atomic E-state index is -0.430. The number of hydrogen-bond acceptors (Lipinski definition) is 2. The summed E-state index contributed by atoms with van der Waals surface area (Å²) in [4.78, 5) is 2.19. The average Bonchev–Trinajstić information content (AvgIpc) is 2.53. The number of para-hydroxylation sites is 1. The van der Waals surface area contributed by atoms with Crippen molar-refractivity contribution in [1.29, 1.82) is 0 Å². The van der Waals surface area contributed by atoms with Crippen LogP contribution < -0.4 is 4.90 Å². The minimum Gasteiger partial charge on any atom is -0.388 e. The second kappa shape index (κ2) is 6.97. The first-order chi connectivity index (χ1) is 10.0. The van der Waals surface area contributed by atoms with E-state index >= 15 is 0 Å². The maximum Gasteiger partial charge on any atom is 0.0807 e. The standard InChI is InChI=1S/C18H22ClNO/c1-4-18(21)16-7-5-6-8-17(16)20(3)13(2)14-9-11-15(19)12-10-14/h5-13,18,21H,4H2,1-3H3/t13?,18-/m0/s1. The van der Waals surface area contributed by atoms with Crippen molar-refractivity contribution >= 4 is 17.3 Å². The molecule has 0 bridgehead atoms. The molecular formula is C18H22ClNO. The quantitative estimate of drug-likeness (QED) is 0.842. The van der Waals surface area contributed by atoms with Gasteiger partial charge >= 0.3 is 0 Å². The topological polar surface area (TPSA) is 23.5 Å². The highest BCUT2D eigenvalue weighted by atomic mass is 35.5. The fourth-order valence-corrected chi connectivity index (χ4v) is 2.61. The van der Waals surface area contributed by atoms with Gasteiger partial charge in [-0.3, -0.25) is 0 Å². The van der Waals surface area contributed by atoms with E-state index in [0.717, 1.165) is 16.3 Å². The number of anilines is 1. The molecule has 0 amide bonds. The largest absolute Gasteiger partial charge is 0.388 e. The summed E-state index contributed by atoms with van der Waals surface area (Å²) in [6, 6.07) is 16.1. The third kappa shape index (κ3) is 3.58. The van der Waals surface area contributed by atoms with Crippen molar-refractivity contribution in [3.05, 3.63) is 64.7 Å². The van der Waals surface area contributed by atoms with Crippen molar-refractivity contribution < 1.29 is 5.11 Å². The van der Waals surface area contributed by atoms with E-state index in [9.17, 15) is 5.11 Å². The van der Waals surface area contributed by atoms with Crippen LogP contribution in [0.1, 0.15) is 43.5 Å². The Kier molecular flexibility index (Phi) is 5.27. The molecule has 2 atom stereocenters. The van der Waals surface area contributed by atoms with Crippen molar-refractivity contribution in [2.45, 2.75) is 32.4 Å². The number of halogens is 1. The Morgan fingerprint density at radius 3 is 2.33 bits per heavy atom. The Balaban J connectivity index is 2.31. The van der Waals surface area contributed by atoms with Gasteiger partial charge in [-0.15, -0.1) is 0 Å². The predicted molar refractivity (Wildman–Crippen MR) is 90.0 cm³/mol. The minimum absolute atomic E-state index is 0.201. The zero-order valence-electron chi connectivity index (χ0n) is 12.8. The Morgan fingerprint density at radius 2 is 1.71 bits per heavy atom. The first-order valence-electron chi connectivity index (χ1n) is 7.29. The zero-order valence-corrected chi connectivity index (χ0v) is 13.5. The van der Waals surface area contributed by atoms with E-state index in [-0.39, 0.29) is 6.04 Å². The maximum absolute atomic E-state index is 10.2. The Hall–Kier alpha value is -1.51. The lowest BCUT2D eigenvalue weighted by Gasteiger charge is -2.30. The molecule has 1 unspecified atom stereocenters. The summed E-state index contributed by atoms with van der Waals surface area (Å²) in [5.74, 6) is 0. The van der Waals surface area contributed by atoms with Gasteiger partial charge in [-0.1, -0.05) is 48.9 Å². The highest BCUT2D eigenvalue weighted by Crippen LogP contribution is 2.32. The Labute approximate surface area is 132 Å². The molecule has 0 aliphatic heterocycles. The zero-order chi connectivity index (χ0) is 15.4. The summed E-state index contributed by atoms with van der Waals surface area (Å²) in [5.41, 5.74) is 3.24. The second-order valence-corrected chi connectivity index (χ2v) is 5.76. The number of aliphatic hydroxyl groups is 1. The fraction of sp³-hybridized carbons (Fsp3) is 0.333. The molecule has 0 fully saturated rings. The summed E-state index contributed by atoms with van der Waals surface area (Å²) in [6.45, 7) is 4.14. The van der Waals surface area contributed by atoms with Gasteiger partial charge in [0.2, 0.25) is 0 Å². The van der Waals surface area contributed by atoms with Crippen LogP contribution in [0.3, 0.4) is 0 Å². The molecule has 3 heteroatoms. The lowest BCUT2D eigenvalue weighted by molar-refractivity contribution is 0.174. The Morgan fingerprint density at radius 1 is 1.10 bits per heavy atom. The molecule has 2 nitrogen and oxygen atoms in total. The third-order valence-corrected chi connectivity index (χ3v) is 4.25. The molecule has 0 saturated heterocycles. The third-order valence-electron chi connectivity index (χ3n) is 4.00. The van der Waals surface area contributed by atoms with Crippen molar-refractivity contribution in [3.8, 4) is 0 Å². The molecule has 0 heterocycles. The Bertz CT molecular complexity index is 582. The molecule has 0 saturated carbocycles. The molecule has 0 aliphatic rings. The van der Waals surface area contributed by atoms with Crippen LogP contribution in [0.25, 0.3) is 0 Å². The average molecular weight is 304 g/mol. The first-order valence-corrected chi connectivity index (χ1v) is 7.67. The molecule has 1 N–H and O–H groups in total. The highest BCUT2D eigenvalue weighted by Gasteiger charge is 2.18. The van der Waals surface area contributed by atoms with Gasteiger partial charge in [-0.2, -0.15) is 0 Å². The first kappa shape index (κ1) is 15.9. The molecule has 0 aromatic heterocycles. The van der Waals surface area contributed by atoms with Gasteiger partial charge in [0.05, 0.1) is 12.1 Å². The van der Waals surface area contributed by atoms with Gasteiger partial charge in [0.1, 0.15) is 0 Å². The molecule has 2 aromatic rings. The van der Waals surface area contributed by atoms with E-state index in [1.165, 1.54) is 5.56 Å². The lowest BCUT2D eigenvalue weighted by atomic mass is 10.0. The molecule has 0 radical (unpaired) electrons. The van der Waals surface area contributed by atoms with Crippen LogP contribution in [0.2, 0.25) is 5.02 Å². The molecule has 2 aromatic carbocycles. The lowest BCUT2D eigenvalue weighted by Crippen LogP contribution is -2.23. The summed E-state index contributed by atoms with van der Waals surface area (Å²) >= 11 is 5.95. The van der Waals surface area contributed by atoms with Gasteiger partial charge in [0.15, 0.2) is 0 Å². The van der Waals surface area contributed by atoms with Crippen LogP contribution in [0.5, 0.6) is 0 Å². The fourth-order valence-electron chi connectivity index (χ4n) is 2.48. The maximum atomic E-state index is 10.2. The van der Waals surface area contributed by atoms with E-state index in [0.29, 0.717) is 6.42 Å². The summed E-state index contributed by atoms with van der Waals surface area (Å²) in [6.07, 6.45) is 0.279. The normalized spacial score (nSPS) is 13.8. The van der Waals surface area contributed by atoms with E-state index in [1.807, 2.05) is 49.4 Å². The van der Waals surface area contributed by atoms with Crippen molar-refractivity contribution in [2.24, 2.45) is 0 Å². The number of rotatable bonds is 5. The SMILES string of the molecule is CC[C@H](O)c1ccccc1N(C)C(C)c1ccc(Cl)cc1. The molecule has 0 aliphatic carbocycles. The van der Waals surface area contributed by atoms with Crippen LogP contribution in [0.15, 0.2) is 48.5 Å². The van der Waals surface area contributed by atoms with E-state index in [2.05, 4.69) is 24.9 Å². The van der Waals surface area contributed by atoms with Gasteiger partial charge in [-0.05, 0) is 37.1 Å². The number of nitrogens with zero attached hydrogens (tertiary/aromatic N) is 1. The van der Waals surface area contributed by atoms with Crippen LogP contribution >= 0.6 is 11.6 Å². The monoisotopic (exact) mass is 303 g/mol. The highest BCUT2D eigenvalue weighted by molar-refractivity contribution is 6.30. The molecule has 2 rings (SSSR count). The number of aliphatic hydroxyl groups excluding tert-OH is 1. The molecule has 21 heavy (non-hydrogen) atoms. The van der Waals surface area contributed by atoms with Gasteiger partial charge < -0.3 is 10.0 Å². The van der Waals surface area contributed by atoms with Crippen LogP contribution in [0.4, 0.5) is 5.69 Å². The smallest absolute Gasteiger partial charge is 0.0807 e. The van der Waals surface area contributed by atoms with Crippen LogP contribution in [0, 0.1) is 0 Å². The van der Waals surface area contributed by atoms with Crippen LogP contribution in [-0.4, -0.2) is 12.2 Å². The number of benzene rings is 2. The van der Waals surface area contributed by atoms with Crippen molar-refractivity contribution in [2.75, 3.05) is 11.9 Å². The second-order valence-electron chi connectivity index (χ2n) is 5.32. The predicted octanol–water partition coefficient (Wildman–Crippen LogP) is 4.98. The van der Waals surface area contributed by atoms with Crippen LogP contribution in [-0.2, 0) is 0 Å². The van der Waals surface area contributed by atoms with Crippen molar-refractivity contribution in [3.63, 3.8) is 0 Å².